The van der Waals surface area contributed by atoms with Gasteiger partial charge in [-0.1, -0.05) is 70.0 Å². The van der Waals surface area contributed by atoms with Gasteiger partial charge in [-0.2, -0.15) is 0 Å². The Kier molecular flexibility index (Phi) is 8.24. The fourth-order valence-electron chi connectivity index (χ4n) is 3.61. The number of benzene rings is 2. The number of rotatable bonds is 10. The second kappa shape index (κ2) is 10.6. The summed E-state index contributed by atoms with van der Waals surface area (Å²) in [6.45, 7) is 6.05. The fourth-order valence-corrected chi connectivity index (χ4v) is 3.61. The Morgan fingerprint density at radius 3 is 1.68 bits per heavy atom. The first-order valence-corrected chi connectivity index (χ1v) is 10.1. The van der Waals surface area contributed by atoms with E-state index in [1.165, 1.54) is 0 Å². The van der Waals surface area contributed by atoms with E-state index >= 15 is 0 Å². The van der Waals surface area contributed by atoms with Gasteiger partial charge in [0, 0.05) is 0 Å². The second-order valence-corrected chi connectivity index (χ2v) is 6.99. The second-order valence-electron chi connectivity index (χ2n) is 6.99. The molecule has 2 aromatic rings. The van der Waals surface area contributed by atoms with Crippen molar-refractivity contribution in [2.24, 2.45) is 0 Å². The zero-order valence-corrected chi connectivity index (χ0v) is 17.0. The van der Waals surface area contributed by atoms with Crippen LogP contribution in [0.5, 0.6) is 0 Å². The van der Waals surface area contributed by atoms with Gasteiger partial charge in [0.1, 0.15) is 11.7 Å². The van der Waals surface area contributed by atoms with Gasteiger partial charge in [-0.25, -0.2) is 9.59 Å². The Morgan fingerprint density at radius 1 is 0.786 bits per heavy atom. The summed E-state index contributed by atoms with van der Waals surface area (Å²) in [5.74, 6) is -0.767. The minimum atomic E-state index is -0.838. The molecule has 4 heteroatoms. The molecule has 0 spiro atoms. The average molecular weight is 383 g/mol. The molecule has 28 heavy (non-hydrogen) atoms. The lowest BCUT2D eigenvalue weighted by Gasteiger charge is -2.39. The fraction of sp³-hybridized carbons (Fsp3) is 0.417. The molecule has 150 valence electrons. The predicted molar refractivity (Wildman–Crippen MR) is 110 cm³/mol. The summed E-state index contributed by atoms with van der Waals surface area (Å²) in [6.07, 6.45) is 2.98. The van der Waals surface area contributed by atoms with Crippen molar-refractivity contribution >= 4 is 11.9 Å². The zero-order chi connectivity index (χ0) is 20.4. The summed E-state index contributed by atoms with van der Waals surface area (Å²) in [5.41, 5.74) is 0.163. The molecular formula is C24H30O4. The van der Waals surface area contributed by atoms with Crippen LogP contribution < -0.4 is 0 Å². The lowest BCUT2D eigenvalue weighted by Crippen LogP contribution is -2.48. The lowest BCUT2D eigenvalue weighted by molar-refractivity contribution is -0.107. The summed E-state index contributed by atoms with van der Waals surface area (Å²) < 4.78 is 12.0. The van der Waals surface area contributed by atoms with E-state index in [9.17, 15) is 9.59 Å². The zero-order valence-electron chi connectivity index (χ0n) is 17.0. The number of carbonyl (C=O) groups excluding carboxylic acids is 2. The summed E-state index contributed by atoms with van der Waals surface area (Å²) in [7, 11) is 0. The third-order valence-electron chi connectivity index (χ3n) is 4.87. The average Bonchev–Trinajstić information content (AvgIpc) is 2.73. The maximum absolute atomic E-state index is 12.8. The number of hydrogen-bond donors (Lipinski definition) is 0. The number of esters is 2. The van der Waals surface area contributed by atoms with Crippen LogP contribution in [-0.4, -0.2) is 23.6 Å². The van der Waals surface area contributed by atoms with Gasteiger partial charge in [0.2, 0.25) is 0 Å². The minimum absolute atomic E-state index is 0.378. The molecule has 0 amide bonds. The molecule has 0 aliphatic heterocycles. The molecule has 1 unspecified atom stereocenters. The predicted octanol–water partition coefficient (Wildman–Crippen LogP) is 5.82. The molecule has 4 nitrogen and oxygen atoms in total. The van der Waals surface area contributed by atoms with Crippen LogP contribution in [0.25, 0.3) is 0 Å². The topological polar surface area (TPSA) is 52.6 Å². The highest BCUT2D eigenvalue weighted by Crippen LogP contribution is 2.34. The highest BCUT2D eigenvalue weighted by atomic mass is 16.6. The van der Waals surface area contributed by atoms with E-state index < -0.39 is 11.7 Å². The molecule has 0 saturated carbocycles. The number of ether oxygens (including phenoxy) is 2. The Balaban J connectivity index is 2.29. The van der Waals surface area contributed by atoms with E-state index in [4.69, 9.17) is 9.47 Å². The van der Waals surface area contributed by atoms with Crippen LogP contribution in [0, 0.1) is 0 Å². The first-order valence-electron chi connectivity index (χ1n) is 10.1. The summed E-state index contributed by atoms with van der Waals surface area (Å²) in [6, 6.07) is 17.9. The normalized spacial score (nSPS) is 12.2. The van der Waals surface area contributed by atoms with E-state index in [0.29, 0.717) is 30.4 Å². The smallest absolute Gasteiger partial charge is 0.338 e. The SMILES string of the molecule is CCCC(CCC)(OC(=O)c1ccccc1)C(CC)OC(=O)c1ccccc1. The molecule has 2 rings (SSSR count). The highest BCUT2D eigenvalue weighted by molar-refractivity contribution is 5.90. The molecule has 0 aliphatic rings. The van der Waals surface area contributed by atoms with E-state index in [1.807, 2.05) is 45.0 Å². The van der Waals surface area contributed by atoms with E-state index in [2.05, 4.69) is 0 Å². The number of hydrogen-bond acceptors (Lipinski definition) is 4. The van der Waals surface area contributed by atoms with E-state index in [0.717, 1.165) is 12.8 Å². The van der Waals surface area contributed by atoms with Crippen LogP contribution in [0.2, 0.25) is 0 Å². The van der Waals surface area contributed by atoms with Gasteiger partial charge in [0.05, 0.1) is 11.1 Å². The minimum Gasteiger partial charge on any atom is -0.455 e. The Labute approximate surface area is 167 Å². The van der Waals surface area contributed by atoms with Crippen molar-refractivity contribution in [2.45, 2.75) is 64.6 Å². The molecular weight excluding hydrogens is 352 g/mol. The summed E-state index contributed by atoms with van der Waals surface area (Å²) in [5, 5.41) is 0. The van der Waals surface area contributed by atoms with Gasteiger partial charge in [0.15, 0.2) is 0 Å². The van der Waals surface area contributed by atoms with Crippen molar-refractivity contribution in [1.29, 1.82) is 0 Å². The van der Waals surface area contributed by atoms with Gasteiger partial charge in [-0.3, -0.25) is 0 Å². The first-order chi connectivity index (χ1) is 13.6. The van der Waals surface area contributed by atoms with Gasteiger partial charge in [-0.05, 0) is 43.5 Å². The molecule has 1 atom stereocenters. The van der Waals surface area contributed by atoms with Crippen molar-refractivity contribution < 1.29 is 19.1 Å². The third kappa shape index (κ3) is 5.44. The quantitative estimate of drug-likeness (QED) is 0.486. The molecule has 2 aromatic carbocycles. The van der Waals surface area contributed by atoms with Crippen molar-refractivity contribution in [3.63, 3.8) is 0 Å². The Hall–Kier alpha value is -2.62. The third-order valence-corrected chi connectivity index (χ3v) is 4.87. The molecule has 0 radical (unpaired) electrons. The molecule has 0 bridgehead atoms. The Morgan fingerprint density at radius 2 is 1.25 bits per heavy atom. The molecule has 0 aliphatic carbocycles. The van der Waals surface area contributed by atoms with Crippen molar-refractivity contribution in [3.8, 4) is 0 Å². The molecule has 0 fully saturated rings. The maximum Gasteiger partial charge on any atom is 0.338 e. The van der Waals surface area contributed by atoms with E-state index in [-0.39, 0.29) is 11.9 Å². The standard InChI is InChI=1S/C24H30O4/c1-4-17-24(18-5-2,28-23(26)20-15-11-8-12-16-20)21(6-3)27-22(25)19-13-9-7-10-14-19/h7-16,21H,4-6,17-18H2,1-3H3. The molecule has 0 heterocycles. The van der Waals surface area contributed by atoms with Crippen molar-refractivity contribution in [1.82, 2.24) is 0 Å². The monoisotopic (exact) mass is 382 g/mol. The van der Waals surface area contributed by atoms with Crippen molar-refractivity contribution in [2.75, 3.05) is 0 Å². The van der Waals surface area contributed by atoms with Crippen LogP contribution in [-0.2, 0) is 9.47 Å². The molecule has 0 N–H and O–H groups in total. The van der Waals surface area contributed by atoms with Gasteiger partial charge in [0.25, 0.3) is 0 Å². The molecule has 0 aromatic heterocycles. The first kappa shape index (κ1) is 21.7. The van der Waals surface area contributed by atoms with Gasteiger partial charge < -0.3 is 9.47 Å². The van der Waals surface area contributed by atoms with Gasteiger partial charge >= 0.3 is 11.9 Å². The van der Waals surface area contributed by atoms with Crippen LogP contribution in [0.15, 0.2) is 60.7 Å². The van der Waals surface area contributed by atoms with Crippen LogP contribution in [0.3, 0.4) is 0 Å². The summed E-state index contributed by atoms with van der Waals surface area (Å²) >= 11 is 0. The van der Waals surface area contributed by atoms with Crippen molar-refractivity contribution in [3.05, 3.63) is 71.8 Å². The van der Waals surface area contributed by atoms with Crippen LogP contribution >= 0.6 is 0 Å². The lowest BCUT2D eigenvalue weighted by atomic mass is 9.85. The largest absolute Gasteiger partial charge is 0.455 e. The van der Waals surface area contributed by atoms with Crippen LogP contribution in [0.1, 0.15) is 73.6 Å². The van der Waals surface area contributed by atoms with Gasteiger partial charge in [-0.15, -0.1) is 0 Å². The summed E-state index contributed by atoms with van der Waals surface area (Å²) in [4.78, 5) is 25.5. The molecule has 0 saturated heterocycles. The van der Waals surface area contributed by atoms with E-state index in [1.54, 1.807) is 36.4 Å². The maximum atomic E-state index is 12.8. The Bertz CT molecular complexity index is 734. The number of carbonyl (C=O) groups is 2. The van der Waals surface area contributed by atoms with Crippen LogP contribution in [0.4, 0.5) is 0 Å². The highest BCUT2D eigenvalue weighted by Gasteiger charge is 2.43.